The van der Waals surface area contributed by atoms with Gasteiger partial charge in [-0.05, 0) is 17.7 Å². The van der Waals surface area contributed by atoms with Crippen molar-refractivity contribution in [2.45, 2.75) is 12.5 Å². The summed E-state index contributed by atoms with van der Waals surface area (Å²) in [6, 6.07) is 10.8. The lowest BCUT2D eigenvalue weighted by atomic mass is 10.0. The fourth-order valence-electron chi connectivity index (χ4n) is 2.44. The van der Waals surface area contributed by atoms with Crippen molar-refractivity contribution in [2.24, 2.45) is 5.16 Å². The van der Waals surface area contributed by atoms with E-state index >= 15 is 0 Å². The number of carbonyl (C=O) groups excluding carboxylic acids is 2. The highest BCUT2D eigenvalue weighted by Gasteiger charge is 2.27. The van der Waals surface area contributed by atoms with Gasteiger partial charge in [-0.15, -0.1) is 0 Å². The number of benzene rings is 2. The Hall–Kier alpha value is -3.36. The van der Waals surface area contributed by atoms with E-state index in [1.165, 1.54) is 0 Å². The standard InChI is InChI=1S/C18H14F3N3O3/c19-11-6-7-12(17(21)16(11)20)23-15(25)9-22-18(26)13-8-14(27-24-13)10-4-2-1-3-5-10/h1-7,14H,8-9H2,(H,22,26)(H,23,25)/t14-/m1/s1. The Bertz CT molecular complexity index is 903. The van der Waals surface area contributed by atoms with E-state index < -0.39 is 47.6 Å². The molecule has 1 aliphatic heterocycles. The van der Waals surface area contributed by atoms with Crippen molar-refractivity contribution in [3.05, 3.63) is 65.5 Å². The maximum atomic E-state index is 13.5. The van der Waals surface area contributed by atoms with E-state index in [1.807, 2.05) is 30.3 Å². The summed E-state index contributed by atoms with van der Waals surface area (Å²) in [5.74, 6) is -6.01. The number of anilines is 1. The Kier molecular flexibility index (Phi) is 5.39. The van der Waals surface area contributed by atoms with Crippen LogP contribution in [0.5, 0.6) is 0 Å². The molecule has 2 aromatic carbocycles. The molecule has 0 spiro atoms. The quantitative estimate of drug-likeness (QED) is 0.787. The van der Waals surface area contributed by atoms with Gasteiger partial charge >= 0.3 is 0 Å². The maximum Gasteiger partial charge on any atom is 0.269 e. The summed E-state index contributed by atoms with van der Waals surface area (Å²) in [7, 11) is 0. The van der Waals surface area contributed by atoms with Crippen LogP contribution in [0.4, 0.5) is 18.9 Å². The minimum absolute atomic E-state index is 0.107. The van der Waals surface area contributed by atoms with Crippen LogP contribution >= 0.6 is 0 Å². The summed E-state index contributed by atoms with van der Waals surface area (Å²) in [6.45, 7) is -0.508. The fourth-order valence-corrected chi connectivity index (χ4v) is 2.44. The van der Waals surface area contributed by atoms with E-state index in [2.05, 4.69) is 15.8 Å². The van der Waals surface area contributed by atoms with Crippen LogP contribution in [0.2, 0.25) is 0 Å². The van der Waals surface area contributed by atoms with Gasteiger partial charge in [-0.1, -0.05) is 35.5 Å². The topological polar surface area (TPSA) is 79.8 Å². The summed E-state index contributed by atoms with van der Waals surface area (Å²) < 4.78 is 39.5. The summed E-state index contributed by atoms with van der Waals surface area (Å²) >= 11 is 0. The Labute approximate surface area is 152 Å². The van der Waals surface area contributed by atoms with Gasteiger partial charge in [-0.2, -0.15) is 0 Å². The number of oxime groups is 1. The molecule has 6 nitrogen and oxygen atoms in total. The maximum absolute atomic E-state index is 13.5. The van der Waals surface area contributed by atoms with Crippen molar-refractivity contribution >= 4 is 23.2 Å². The molecule has 0 aromatic heterocycles. The first-order valence-corrected chi connectivity index (χ1v) is 7.95. The molecule has 0 saturated carbocycles. The number of amides is 2. The molecule has 1 heterocycles. The summed E-state index contributed by atoms with van der Waals surface area (Å²) in [5, 5.41) is 8.07. The number of halogens is 3. The van der Waals surface area contributed by atoms with Crippen molar-refractivity contribution < 1.29 is 27.6 Å². The molecule has 2 N–H and O–H groups in total. The van der Waals surface area contributed by atoms with E-state index in [9.17, 15) is 22.8 Å². The monoisotopic (exact) mass is 377 g/mol. The lowest BCUT2D eigenvalue weighted by Crippen LogP contribution is -2.37. The third kappa shape index (κ3) is 4.25. The van der Waals surface area contributed by atoms with Crippen LogP contribution in [0.1, 0.15) is 18.1 Å². The number of carbonyl (C=O) groups is 2. The molecule has 0 radical (unpaired) electrons. The minimum atomic E-state index is -1.69. The molecule has 27 heavy (non-hydrogen) atoms. The van der Waals surface area contributed by atoms with Crippen molar-refractivity contribution in [1.29, 1.82) is 0 Å². The number of nitrogens with zero attached hydrogens (tertiary/aromatic N) is 1. The zero-order valence-electron chi connectivity index (χ0n) is 13.8. The number of rotatable bonds is 5. The smallest absolute Gasteiger partial charge is 0.269 e. The van der Waals surface area contributed by atoms with Crippen molar-refractivity contribution in [2.75, 3.05) is 11.9 Å². The van der Waals surface area contributed by atoms with Gasteiger partial charge in [0.15, 0.2) is 23.6 Å². The minimum Gasteiger partial charge on any atom is -0.387 e. The molecule has 140 valence electrons. The second kappa shape index (κ2) is 7.90. The molecule has 2 aromatic rings. The first-order chi connectivity index (χ1) is 13.0. The van der Waals surface area contributed by atoms with Gasteiger partial charge in [-0.3, -0.25) is 9.59 Å². The molecule has 0 saturated heterocycles. The van der Waals surface area contributed by atoms with Gasteiger partial charge in [0.25, 0.3) is 5.91 Å². The molecule has 0 aliphatic carbocycles. The highest BCUT2D eigenvalue weighted by atomic mass is 19.2. The van der Waals surface area contributed by atoms with Crippen LogP contribution in [0.25, 0.3) is 0 Å². The molecule has 0 fully saturated rings. The Balaban J connectivity index is 1.51. The lowest BCUT2D eigenvalue weighted by molar-refractivity contribution is -0.120. The van der Waals surface area contributed by atoms with Crippen LogP contribution < -0.4 is 10.6 Å². The van der Waals surface area contributed by atoms with Crippen LogP contribution in [-0.4, -0.2) is 24.1 Å². The summed E-state index contributed by atoms with van der Waals surface area (Å²) in [4.78, 5) is 29.1. The van der Waals surface area contributed by atoms with E-state index in [4.69, 9.17) is 4.84 Å². The van der Waals surface area contributed by atoms with Gasteiger partial charge in [0.05, 0.1) is 12.2 Å². The average Bonchev–Trinajstić information content (AvgIpc) is 3.18. The van der Waals surface area contributed by atoms with Gasteiger partial charge in [0.2, 0.25) is 5.91 Å². The van der Waals surface area contributed by atoms with Crippen LogP contribution in [-0.2, 0) is 14.4 Å². The zero-order chi connectivity index (χ0) is 19.4. The predicted molar refractivity (Wildman–Crippen MR) is 90.3 cm³/mol. The van der Waals surface area contributed by atoms with Gasteiger partial charge in [0, 0.05) is 6.42 Å². The fraction of sp³-hybridized carbons (Fsp3) is 0.167. The normalized spacial score (nSPS) is 15.7. The molecule has 0 unspecified atom stereocenters. The molecular formula is C18H14F3N3O3. The molecule has 1 atom stereocenters. The van der Waals surface area contributed by atoms with Gasteiger partial charge < -0.3 is 15.5 Å². The van der Waals surface area contributed by atoms with Crippen LogP contribution in [0.15, 0.2) is 47.6 Å². The first-order valence-electron chi connectivity index (χ1n) is 7.95. The second-order valence-corrected chi connectivity index (χ2v) is 5.70. The Morgan fingerprint density at radius 2 is 1.81 bits per heavy atom. The lowest BCUT2D eigenvalue weighted by Gasteiger charge is -2.09. The van der Waals surface area contributed by atoms with Crippen LogP contribution in [0, 0.1) is 17.5 Å². The average molecular weight is 377 g/mol. The summed E-state index contributed by atoms with van der Waals surface area (Å²) in [5.41, 5.74) is 0.435. The van der Waals surface area contributed by atoms with Gasteiger partial charge in [0.1, 0.15) is 5.71 Å². The van der Waals surface area contributed by atoms with E-state index in [0.717, 1.165) is 11.6 Å². The third-order valence-electron chi connectivity index (χ3n) is 3.82. The molecule has 1 aliphatic rings. The summed E-state index contributed by atoms with van der Waals surface area (Å²) in [6.07, 6.45) is -0.160. The molecule has 2 amide bonds. The van der Waals surface area contributed by atoms with Crippen molar-refractivity contribution in [3.8, 4) is 0 Å². The van der Waals surface area contributed by atoms with E-state index in [0.29, 0.717) is 6.07 Å². The van der Waals surface area contributed by atoms with Crippen LogP contribution in [0.3, 0.4) is 0 Å². The molecule has 0 bridgehead atoms. The largest absolute Gasteiger partial charge is 0.387 e. The Morgan fingerprint density at radius 3 is 2.56 bits per heavy atom. The number of nitrogens with one attached hydrogen (secondary N) is 2. The van der Waals surface area contributed by atoms with Crippen molar-refractivity contribution in [3.63, 3.8) is 0 Å². The zero-order valence-corrected chi connectivity index (χ0v) is 13.8. The molecule has 9 heteroatoms. The molecule has 3 rings (SSSR count). The highest BCUT2D eigenvalue weighted by molar-refractivity contribution is 6.39. The van der Waals surface area contributed by atoms with E-state index in [1.54, 1.807) is 0 Å². The van der Waals surface area contributed by atoms with Gasteiger partial charge in [-0.25, -0.2) is 13.2 Å². The van der Waals surface area contributed by atoms with Crippen molar-refractivity contribution in [1.82, 2.24) is 5.32 Å². The number of hydrogen-bond donors (Lipinski definition) is 2. The highest BCUT2D eigenvalue weighted by Crippen LogP contribution is 2.26. The Morgan fingerprint density at radius 1 is 1.07 bits per heavy atom. The predicted octanol–water partition coefficient (Wildman–Crippen LogP) is 2.68. The van der Waals surface area contributed by atoms with E-state index in [-0.39, 0.29) is 12.1 Å². The SMILES string of the molecule is O=C(CNC(=O)C1=NO[C@@H](c2ccccc2)C1)Nc1ccc(F)c(F)c1F. The first kappa shape index (κ1) is 18.4. The molecular weight excluding hydrogens is 363 g/mol. The number of hydrogen-bond acceptors (Lipinski definition) is 4. The third-order valence-corrected chi connectivity index (χ3v) is 3.82. The second-order valence-electron chi connectivity index (χ2n) is 5.70.